The zero-order valence-electron chi connectivity index (χ0n) is 11.7. The van der Waals surface area contributed by atoms with Crippen molar-refractivity contribution < 1.29 is 0 Å². The van der Waals surface area contributed by atoms with Gasteiger partial charge in [0.2, 0.25) is 0 Å². The molecule has 0 unspecified atom stereocenters. The lowest BCUT2D eigenvalue weighted by Gasteiger charge is -2.38. The Balaban J connectivity index is 1.82. The first-order chi connectivity index (χ1) is 10.6. The smallest absolute Gasteiger partial charge is 0.0655 e. The highest BCUT2D eigenvalue weighted by molar-refractivity contribution is 9.10. The standard InChI is InChI=1S/C18H14BrCl2N/c19-11-6-4-10(5-7-11)17-14-3-1-2-13(14)15-8-12(20)9-16(21)18(15)22-17/h1-2,4-9,13-14,17,22H,3H2/t13-,14-,17+/m0/s1. The van der Waals surface area contributed by atoms with Gasteiger partial charge in [-0.2, -0.15) is 0 Å². The predicted molar refractivity (Wildman–Crippen MR) is 97.0 cm³/mol. The summed E-state index contributed by atoms with van der Waals surface area (Å²) in [6, 6.07) is 12.6. The van der Waals surface area contributed by atoms with Crippen LogP contribution in [-0.2, 0) is 0 Å². The molecule has 2 aromatic carbocycles. The summed E-state index contributed by atoms with van der Waals surface area (Å²) in [5.41, 5.74) is 3.52. The molecule has 0 bridgehead atoms. The van der Waals surface area contributed by atoms with Crippen molar-refractivity contribution in [2.24, 2.45) is 5.92 Å². The van der Waals surface area contributed by atoms with E-state index in [0.29, 0.717) is 21.9 Å². The molecule has 0 fully saturated rings. The van der Waals surface area contributed by atoms with Crippen LogP contribution in [0.3, 0.4) is 0 Å². The van der Waals surface area contributed by atoms with Crippen molar-refractivity contribution in [3.05, 3.63) is 74.2 Å². The minimum atomic E-state index is 0.263. The summed E-state index contributed by atoms with van der Waals surface area (Å²) >= 11 is 16.1. The number of nitrogens with one attached hydrogen (secondary N) is 1. The van der Waals surface area contributed by atoms with Gasteiger partial charge in [-0.05, 0) is 47.7 Å². The molecule has 0 spiro atoms. The Bertz CT molecular complexity index is 754. The quantitative estimate of drug-likeness (QED) is 0.538. The number of benzene rings is 2. The van der Waals surface area contributed by atoms with Crippen LogP contribution in [0.4, 0.5) is 5.69 Å². The van der Waals surface area contributed by atoms with Gasteiger partial charge < -0.3 is 5.32 Å². The van der Waals surface area contributed by atoms with Crippen LogP contribution < -0.4 is 5.32 Å². The highest BCUT2D eigenvalue weighted by Gasteiger charge is 2.38. The third-order valence-corrected chi connectivity index (χ3v) is 5.66. The van der Waals surface area contributed by atoms with E-state index in [1.54, 1.807) is 0 Å². The molecule has 1 nitrogen and oxygen atoms in total. The van der Waals surface area contributed by atoms with Crippen LogP contribution in [0.2, 0.25) is 10.0 Å². The summed E-state index contributed by atoms with van der Waals surface area (Å²) in [5.74, 6) is 0.879. The summed E-state index contributed by atoms with van der Waals surface area (Å²) in [6.45, 7) is 0. The lowest BCUT2D eigenvalue weighted by Crippen LogP contribution is -2.29. The van der Waals surface area contributed by atoms with Crippen molar-refractivity contribution in [2.75, 3.05) is 5.32 Å². The van der Waals surface area contributed by atoms with E-state index in [9.17, 15) is 0 Å². The van der Waals surface area contributed by atoms with E-state index in [2.05, 4.69) is 57.7 Å². The molecule has 1 aliphatic carbocycles. The number of hydrogen-bond donors (Lipinski definition) is 1. The van der Waals surface area contributed by atoms with Crippen LogP contribution in [0.5, 0.6) is 0 Å². The van der Waals surface area contributed by atoms with Gasteiger partial charge in [-0.15, -0.1) is 0 Å². The highest BCUT2D eigenvalue weighted by Crippen LogP contribution is 2.52. The zero-order chi connectivity index (χ0) is 15.3. The van der Waals surface area contributed by atoms with Gasteiger partial charge in [-0.25, -0.2) is 0 Å². The molecule has 3 atom stereocenters. The number of fused-ring (bicyclic) bond motifs is 3. The molecule has 0 radical (unpaired) electrons. The minimum Gasteiger partial charge on any atom is -0.376 e. The minimum absolute atomic E-state index is 0.263. The number of halogens is 3. The molecule has 0 aromatic heterocycles. The zero-order valence-corrected chi connectivity index (χ0v) is 14.8. The normalized spacial score (nSPS) is 25.5. The Labute approximate surface area is 148 Å². The Morgan fingerprint density at radius 2 is 1.86 bits per heavy atom. The van der Waals surface area contributed by atoms with Crippen LogP contribution in [0.15, 0.2) is 53.0 Å². The molecular weight excluding hydrogens is 381 g/mol. The first-order valence-electron chi connectivity index (χ1n) is 7.31. The average molecular weight is 395 g/mol. The Morgan fingerprint density at radius 3 is 2.64 bits per heavy atom. The molecule has 2 aliphatic rings. The summed E-state index contributed by atoms with van der Waals surface area (Å²) in [5, 5.41) is 5.05. The van der Waals surface area contributed by atoms with Crippen LogP contribution in [0, 0.1) is 5.92 Å². The second kappa shape index (κ2) is 5.59. The molecule has 1 aliphatic heterocycles. The maximum Gasteiger partial charge on any atom is 0.0655 e. The van der Waals surface area contributed by atoms with Gasteiger partial charge in [-0.1, -0.05) is 63.4 Å². The fourth-order valence-electron chi connectivity index (χ4n) is 3.62. The van der Waals surface area contributed by atoms with E-state index < -0.39 is 0 Å². The number of allylic oxidation sites excluding steroid dienone is 2. The van der Waals surface area contributed by atoms with Crippen LogP contribution >= 0.6 is 39.1 Å². The van der Waals surface area contributed by atoms with Crippen LogP contribution in [-0.4, -0.2) is 0 Å². The fraction of sp³-hybridized carbons (Fsp3) is 0.222. The third kappa shape index (κ3) is 2.38. The Kier molecular flexibility index (Phi) is 3.72. The van der Waals surface area contributed by atoms with E-state index in [0.717, 1.165) is 16.6 Å². The van der Waals surface area contributed by atoms with Crippen molar-refractivity contribution in [2.45, 2.75) is 18.4 Å². The molecule has 0 amide bonds. The number of anilines is 1. The van der Waals surface area contributed by atoms with Gasteiger partial charge in [0.15, 0.2) is 0 Å². The van der Waals surface area contributed by atoms with E-state index in [1.165, 1.54) is 11.1 Å². The number of hydrogen-bond acceptors (Lipinski definition) is 1. The van der Waals surface area contributed by atoms with E-state index in [-0.39, 0.29) is 6.04 Å². The largest absolute Gasteiger partial charge is 0.376 e. The second-order valence-electron chi connectivity index (χ2n) is 5.88. The second-order valence-corrected chi connectivity index (χ2v) is 7.64. The first kappa shape index (κ1) is 14.6. The summed E-state index contributed by atoms with van der Waals surface area (Å²) in [6.07, 6.45) is 5.64. The average Bonchev–Trinajstić information content (AvgIpc) is 2.97. The fourth-order valence-corrected chi connectivity index (χ4v) is 4.45. The summed E-state index contributed by atoms with van der Waals surface area (Å²) < 4.78 is 1.10. The van der Waals surface area contributed by atoms with Gasteiger partial charge in [0.1, 0.15) is 0 Å². The van der Waals surface area contributed by atoms with Gasteiger partial charge >= 0.3 is 0 Å². The maximum absolute atomic E-state index is 6.44. The van der Waals surface area contributed by atoms with E-state index in [1.807, 2.05) is 12.1 Å². The topological polar surface area (TPSA) is 12.0 Å². The first-order valence-corrected chi connectivity index (χ1v) is 8.86. The van der Waals surface area contributed by atoms with Crippen LogP contribution in [0.25, 0.3) is 0 Å². The van der Waals surface area contributed by atoms with Crippen LogP contribution in [0.1, 0.15) is 29.5 Å². The summed E-state index contributed by atoms with van der Waals surface area (Å²) in [4.78, 5) is 0. The van der Waals surface area contributed by atoms with E-state index >= 15 is 0 Å². The third-order valence-electron chi connectivity index (χ3n) is 4.61. The van der Waals surface area contributed by atoms with Crippen molar-refractivity contribution >= 4 is 44.8 Å². The molecule has 22 heavy (non-hydrogen) atoms. The van der Waals surface area contributed by atoms with Gasteiger partial charge in [0, 0.05) is 15.4 Å². The Morgan fingerprint density at radius 1 is 1.09 bits per heavy atom. The highest BCUT2D eigenvalue weighted by atomic mass is 79.9. The van der Waals surface area contributed by atoms with E-state index in [4.69, 9.17) is 23.2 Å². The molecule has 0 saturated heterocycles. The molecule has 4 heteroatoms. The molecule has 112 valence electrons. The molecule has 0 saturated carbocycles. The monoisotopic (exact) mass is 393 g/mol. The number of rotatable bonds is 1. The molecule has 4 rings (SSSR count). The van der Waals surface area contributed by atoms with Gasteiger partial charge in [0.25, 0.3) is 0 Å². The predicted octanol–water partition coefficient (Wildman–Crippen LogP) is 6.58. The van der Waals surface area contributed by atoms with Gasteiger partial charge in [0.05, 0.1) is 16.8 Å². The van der Waals surface area contributed by atoms with Gasteiger partial charge in [-0.3, -0.25) is 0 Å². The molecule has 1 N–H and O–H groups in total. The van der Waals surface area contributed by atoms with Crippen molar-refractivity contribution in [1.29, 1.82) is 0 Å². The van der Waals surface area contributed by atoms with Crippen molar-refractivity contribution in [1.82, 2.24) is 0 Å². The lowest BCUT2D eigenvalue weighted by molar-refractivity contribution is 0.425. The molecule has 1 heterocycles. The molecular formula is C18H14BrCl2N. The van der Waals surface area contributed by atoms with Crippen molar-refractivity contribution in [3.63, 3.8) is 0 Å². The SMILES string of the molecule is Clc1cc(Cl)c2c(c1)[C@H]1C=CC[C@@H]1[C@@H](c1ccc(Br)cc1)N2. The summed E-state index contributed by atoms with van der Waals surface area (Å²) in [7, 11) is 0. The maximum atomic E-state index is 6.44. The Hall–Kier alpha value is -0.960. The lowest BCUT2D eigenvalue weighted by atomic mass is 9.77. The van der Waals surface area contributed by atoms with Crippen molar-refractivity contribution in [3.8, 4) is 0 Å². The molecule has 2 aromatic rings.